The van der Waals surface area contributed by atoms with Gasteiger partial charge in [-0.1, -0.05) is 0 Å². The van der Waals surface area contributed by atoms with Crippen molar-refractivity contribution < 1.29 is 14.7 Å². The Balaban J connectivity index is 2.08. The molecule has 0 aromatic carbocycles. The molecule has 0 radical (unpaired) electrons. The van der Waals surface area contributed by atoms with E-state index in [0.717, 1.165) is 6.42 Å². The van der Waals surface area contributed by atoms with Crippen LogP contribution in [0.5, 0.6) is 0 Å². The zero-order valence-electron chi connectivity index (χ0n) is 6.46. The highest BCUT2D eigenvalue weighted by Crippen LogP contribution is 2.04. The molecule has 0 aromatic rings. The van der Waals surface area contributed by atoms with Gasteiger partial charge in [-0.25, -0.2) is 10.2 Å². The molecule has 1 atom stereocenters. The van der Waals surface area contributed by atoms with Crippen LogP contribution in [0.2, 0.25) is 0 Å². The largest absolute Gasteiger partial charge is 0.464 e. The Morgan fingerprint density at radius 1 is 1.75 bits per heavy atom. The summed E-state index contributed by atoms with van der Waals surface area (Å²) in [5.41, 5.74) is 4.49. The average molecular weight is 173 g/mol. The van der Waals surface area contributed by atoms with E-state index in [1.807, 2.05) is 5.43 Å². The first-order valence-electron chi connectivity index (χ1n) is 3.69. The fourth-order valence-electron chi connectivity index (χ4n) is 1.08. The summed E-state index contributed by atoms with van der Waals surface area (Å²) in [5.74, 6) is 0.0251. The van der Waals surface area contributed by atoms with E-state index in [1.165, 1.54) is 0 Å². The van der Waals surface area contributed by atoms with Crippen LogP contribution in [-0.4, -0.2) is 29.7 Å². The number of hydrogen-bond acceptors (Lipinski definition) is 3. The van der Waals surface area contributed by atoms with Crippen LogP contribution in [0.4, 0.5) is 4.79 Å². The molecule has 1 aliphatic heterocycles. The number of amides is 2. The summed E-state index contributed by atoms with van der Waals surface area (Å²) < 4.78 is 0. The Kier molecular flexibility index (Phi) is 2.87. The summed E-state index contributed by atoms with van der Waals surface area (Å²) in [7, 11) is 0. The van der Waals surface area contributed by atoms with Crippen LogP contribution in [0.1, 0.15) is 12.8 Å². The molecule has 0 aromatic heterocycles. The first-order valence-corrected chi connectivity index (χ1v) is 3.69. The molecule has 0 spiro atoms. The van der Waals surface area contributed by atoms with Gasteiger partial charge < -0.3 is 10.4 Å². The minimum absolute atomic E-state index is 0.0251. The van der Waals surface area contributed by atoms with Gasteiger partial charge in [0, 0.05) is 19.0 Å². The van der Waals surface area contributed by atoms with Gasteiger partial charge >= 0.3 is 6.09 Å². The first-order chi connectivity index (χ1) is 5.68. The Hall–Kier alpha value is -1.30. The van der Waals surface area contributed by atoms with E-state index in [-0.39, 0.29) is 11.9 Å². The molecule has 68 valence electrons. The smallest absolute Gasteiger partial charge is 0.419 e. The Bertz CT molecular complexity index is 194. The number of hydrogen-bond donors (Lipinski definition) is 4. The van der Waals surface area contributed by atoms with Crippen LogP contribution < -0.4 is 16.2 Å². The third-order valence-electron chi connectivity index (χ3n) is 1.63. The molecule has 0 saturated carbocycles. The maximum absolute atomic E-state index is 10.7. The molecular weight excluding hydrogens is 162 g/mol. The third kappa shape index (κ3) is 2.75. The van der Waals surface area contributed by atoms with E-state index >= 15 is 0 Å². The molecule has 0 aliphatic carbocycles. The zero-order valence-corrected chi connectivity index (χ0v) is 6.46. The van der Waals surface area contributed by atoms with Gasteiger partial charge in [0.2, 0.25) is 5.91 Å². The van der Waals surface area contributed by atoms with Crippen LogP contribution in [0.25, 0.3) is 0 Å². The molecule has 1 heterocycles. The van der Waals surface area contributed by atoms with Gasteiger partial charge in [0.1, 0.15) is 0 Å². The van der Waals surface area contributed by atoms with E-state index in [4.69, 9.17) is 5.11 Å². The van der Waals surface area contributed by atoms with Crippen LogP contribution >= 0.6 is 0 Å². The maximum atomic E-state index is 10.7. The summed E-state index contributed by atoms with van der Waals surface area (Å²) in [5, 5.41) is 10.9. The molecule has 4 N–H and O–H groups in total. The number of hydrazine groups is 1. The Labute approximate surface area is 69.3 Å². The first kappa shape index (κ1) is 8.79. The van der Waals surface area contributed by atoms with Crippen LogP contribution in [0.15, 0.2) is 0 Å². The molecule has 1 fully saturated rings. The highest BCUT2D eigenvalue weighted by Gasteiger charge is 2.19. The molecular formula is C6H11N3O3. The minimum atomic E-state index is -1.13. The van der Waals surface area contributed by atoms with Crippen molar-refractivity contribution in [2.75, 3.05) is 6.54 Å². The lowest BCUT2D eigenvalue weighted by Gasteiger charge is -2.09. The summed E-state index contributed by atoms with van der Waals surface area (Å²) in [6.45, 7) is 0.429. The van der Waals surface area contributed by atoms with E-state index in [0.29, 0.717) is 13.0 Å². The van der Waals surface area contributed by atoms with Crippen molar-refractivity contribution in [3.05, 3.63) is 0 Å². The molecule has 6 heteroatoms. The van der Waals surface area contributed by atoms with Gasteiger partial charge in [0.05, 0.1) is 0 Å². The second-order valence-corrected chi connectivity index (χ2v) is 2.61. The second kappa shape index (κ2) is 3.91. The van der Waals surface area contributed by atoms with Crippen molar-refractivity contribution in [1.29, 1.82) is 0 Å². The van der Waals surface area contributed by atoms with Crippen molar-refractivity contribution in [2.24, 2.45) is 0 Å². The molecule has 0 bridgehead atoms. The van der Waals surface area contributed by atoms with Gasteiger partial charge in [-0.3, -0.25) is 10.2 Å². The molecule has 1 saturated heterocycles. The number of carbonyl (C=O) groups is 2. The number of nitrogens with one attached hydrogen (secondary N) is 3. The van der Waals surface area contributed by atoms with Gasteiger partial charge in [-0.05, 0) is 6.42 Å². The van der Waals surface area contributed by atoms with Crippen LogP contribution in [0.3, 0.4) is 0 Å². The fraction of sp³-hybridized carbons (Fsp3) is 0.667. The van der Waals surface area contributed by atoms with E-state index in [9.17, 15) is 9.59 Å². The molecule has 1 aliphatic rings. The van der Waals surface area contributed by atoms with Crippen molar-refractivity contribution in [3.8, 4) is 0 Å². The predicted octanol–water partition coefficient (Wildman–Crippen LogP) is -0.963. The molecule has 6 nitrogen and oxygen atoms in total. The van der Waals surface area contributed by atoms with E-state index < -0.39 is 6.09 Å². The normalized spacial score (nSPS) is 22.0. The summed E-state index contributed by atoms with van der Waals surface area (Å²) >= 11 is 0. The predicted molar refractivity (Wildman–Crippen MR) is 40.3 cm³/mol. The van der Waals surface area contributed by atoms with Crippen molar-refractivity contribution in [2.45, 2.75) is 18.9 Å². The lowest BCUT2D eigenvalue weighted by atomic mass is 10.2. The topological polar surface area (TPSA) is 90.5 Å². The van der Waals surface area contributed by atoms with Crippen LogP contribution in [0, 0.1) is 0 Å². The fourth-order valence-corrected chi connectivity index (χ4v) is 1.08. The second-order valence-electron chi connectivity index (χ2n) is 2.61. The molecule has 1 rings (SSSR count). The molecule has 1 unspecified atom stereocenters. The maximum Gasteiger partial charge on any atom is 0.419 e. The Morgan fingerprint density at radius 3 is 3.00 bits per heavy atom. The molecule has 2 amide bonds. The van der Waals surface area contributed by atoms with Gasteiger partial charge in [0.25, 0.3) is 0 Å². The highest BCUT2D eigenvalue weighted by molar-refractivity contribution is 5.78. The zero-order chi connectivity index (χ0) is 8.97. The standard InChI is InChI=1S/C6H11N3O3/c10-5-2-1-4(8-5)3-7-9-6(11)12/h4,7,9H,1-3H2,(H,8,10)(H,11,12). The highest BCUT2D eigenvalue weighted by atomic mass is 16.4. The molecule has 12 heavy (non-hydrogen) atoms. The summed E-state index contributed by atoms with van der Waals surface area (Å²) in [4.78, 5) is 20.7. The SMILES string of the molecule is O=C(O)NNCC1CCC(=O)N1. The quantitative estimate of drug-likeness (QED) is 0.414. The van der Waals surface area contributed by atoms with E-state index in [2.05, 4.69) is 10.7 Å². The Morgan fingerprint density at radius 2 is 2.50 bits per heavy atom. The third-order valence-corrected chi connectivity index (χ3v) is 1.63. The average Bonchev–Trinajstić information content (AvgIpc) is 2.35. The van der Waals surface area contributed by atoms with Gasteiger partial charge in [-0.15, -0.1) is 0 Å². The minimum Gasteiger partial charge on any atom is -0.464 e. The number of carboxylic acid groups (broad SMARTS) is 1. The lowest BCUT2D eigenvalue weighted by molar-refractivity contribution is -0.119. The monoisotopic (exact) mass is 173 g/mol. The van der Waals surface area contributed by atoms with Gasteiger partial charge in [0.15, 0.2) is 0 Å². The van der Waals surface area contributed by atoms with Gasteiger partial charge in [-0.2, -0.15) is 0 Å². The van der Waals surface area contributed by atoms with Crippen molar-refractivity contribution in [3.63, 3.8) is 0 Å². The number of carbonyl (C=O) groups excluding carboxylic acids is 1. The van der Waals surface area contributed by atoms with E-state index in [1.54, 1.807) is 0 Å². The van der Waals surface area contributed by atoms with Crippen molar-refractivity contribution in [1.82, 2.24) is 16.2 Å². The summed E-state index contributed by atoms with van der Waals surface area (Å²) in [6.07, 6.45) is 0.159. The lowest BCUT2D eigenvalue weighted by Crippen LogP contribution is -2.44. The van der Waals surface area contributed by atoms with Crippen LogP contribution in [-0.2, 0) is 4.79 Å². The number of rotatable bonds is 3. The summed E-state index contributed by atoms with van der Waals surface area (Å²) in [6, 6.07) is 0.0457. The van der Waals surface area contributed by atoms with Crippen molar-refractivity contribution >= 4 is 12.0 Å².